The van der Waals surface area contributed by atoms with Crippen LogP contribution in [0.1, 0.15) is 24.9 Å². The Morgan fingerprint density at radius 3 is 3.16 bits per heavy atom. The molecule has 1 N–H and O–H groups in total. The Morgan fingerprint density at radius 2 is 2.47 bits per heavy atom. The lowest BCUT2D eigenvalue weighted by molar-refractivity contribution is -0.138. The number of carbonyl (C=O) groups is 1. The molecule has 2 atom stereocenters. The molecule has 104 valence electrons. The van der Waals surface area contributed by atoms with Gasteiger partial charge in [0.25, 0.3) is 0 Å². The Bertz CT molecular complexity index is 458. The molecule has 1 saturated heterocycles. The Labute approximate surface area is 116 Å². The molecule has 0 amide bonds. The van der Waals surface area contributed by atoms with Gasteiger partial charge in [0.05, 0.1) is 12.6 Å². The molecule has 1 fully saturated rings. The summed E-state index contributed by atoms with van der Waals surface area (Å²) in [5, 5.41) is 8.97. The molecule has 2 rings (SSSR count). The van der Waals surface area contributed by atoms with Gasteiger partial charge < -0.3 is 5.11 Å². The number of rotatable bonds is 4. The fourth-order valence-electron chi connectivity index (χ4n) is 2.40. The first kappa shape index (κ1) is 14.3. The highest BCUT2D eigenvalue weighted by Gasteiger charge is 2.29. The quantitative estimate of drug-likeness (QED) is 0.918. The van der Waals surface area contributed by atoms with Gasteiger partial charge >= 0.3 is 5.97 Å². The first-order valence-corrected chi connectivity index (χ1v) is 7.39. The van der Waals surface area contributed by atoms with Crippen LogP contribution in [-0.2, 0) is 4.79 Å². The molecule has 1 aliphatic rings. The molecular formula is C13H17FN2O2S. The summed E-state index contributed by atoms with van der Waals surface area (Å²) in [6.07, 6.45) is 2.95. The van der Waals surface area contributed by atoms with Gasteiger partial charge in [-0.05, 0) is 18.6 Å². The molecule has 0 bridgehead atoms. The van der Waals surface area contributed by atoms with E-state index in [2.05, 4.69) is 9.88 Å². The normalized spacial score (nSPS) is 22.1. The number of aromatic nitrogens is 1. The van der Waals surface area contributed by atoms with Crippen molar-refractivity contribution in [2.45, 2.75) is 25.4 Å². The molecule has 6 heteroatoms. The van der Waals surface area contributed by atoms with Crippen LogP contribution in [0.15, 0.2) is 18.5 Å². The lowest BCUT2D eigenvalue weighted by Crippen LogP contribution is -2.44. The number of halogens is 1. The van der Waals surface area contributed by atoms with Crippen molar-refractivity contribution in [1.82, 2.24) is 9.88 Å². The lowest BCUT2D eigenvalue weighted by atomic mass is 10.1. The molecule has 0 spiro atoms. The van der Waals surface area contributed by atoms with Crippen molar-refractivity contribution in [3.8, 4) is 0 Å². The molecule has 1 aliphatic heterocycles. The van der Waals surface area contributed by atoms with Gasteiger partial charge in [-0.15, -0.1) is 0 Å². The number of thioether (sulfide) groups is 1. The van der Waals surface area contributed by atoms with E-state index in [1.807, 2.05) is 6.92 Å². The van der Waals surface area contributed by atoms with Crippen molar-refractivity contribution in [3.63, 3.8) is 0 Å². The third-order valence-corrected chi connectivity index (χ3v) is 4.48. The molecular weight excluding hydrogens is 267 g/mol. The molecule has 0 radical (unpaired) electrons. The fraction of sp³-hybridized carbons (Fsp3) is 0.538. The summed E-state index contributed by atoms with van der Waals surface area (Å²) in [6.45, 7) is 2.79. The minimum Gasteiger partial charge on any atom is -0.481 e. The average molecular weight is 284 g/mol. The average Bonchev–Trinajstić information content (AvgIpc) is 2.38. The van der Waals surface area contributed by atoms with Crippen molar-refractivity contribution in [3.05, 3.63) is 29.8 Å². The monoisotopic (exact) mass is 284 g/mol. The van der Waals surface area contributed by atoms with Gasteiger partial charge in [0.1, 0.15) is 5.82 Å². The molecule has 2 heterocycles. The second-order valence-corrected chi connectivity index (χ2v) is 5.83. The minimum absolute atomic E-state index is 0.00508. The van der Waals surface area contributed by atoms with Crippen molar-refractivity contribution in [2.24, 2.45) is 0 Å². The Morgan fingerprint density at radius 1 is 1.68 bits per heavy atom. The maximum absolute atomic E-state index is 13.2. The topological polar surface area (TPSA) is 53.4 Å². The van der Waals surface area contributed by atoms with Crippen molar-refractivity contribution < 1.29 is 14.3 Å². The van der Waals surface area contributed by atoms with Crippen LogP contribution < -0.4 is 0 Å². The van der Waals surface area contributed by atoms with Crippen LogP contribution in [0.4, 0.5) is 4.39 Å². The van der Waals surface area contributed by atoms with Gasteiger partial charge in [0.15, 0.2) is 0 Å². The van der Waals surface area contributed by atoms with E-state index in [0.717, 1.165) is 23.6 Å². The lowest BCUT2D eigenvalue weighted by Gasteiger charge is -2.39. The number of pyridine rings is 1. The zero-order valence-corrected chi connectivity index (χ0v) is 11.6. The van der Waals surface area contributed by atoms with Crippen LogP contribution in [0.5, 0.6) is 0 Å². The summed E-state index contributed by atoms with van der Waals surface area (Å²) in [4.78, 5) is 16.9. The molecule has 0 saturated carbocycles. The van der Waals surface area contributed by atoms with Gasteiger partial charge in [-0.3, -0.25) is 14.7 Å². The van der Waals surface area contributed by atoms with E-state index < -0.39 is 5.97 Å². The summed E-state index contributed by atoms with van der Waals surface area (Å²) in [6, 6.07) is 1.44. The first-order valence-electron chi connectivity index (χ1n) is 6.23. The van der Waals surface area contributed by atoms with Crippen LogP contribution in [0, 0.1) is 5.82 Å². The summed E-state index contributed by atoms with van der Waals surface area (Å²) >= 11 is 1.77. The van der Waals surface area contributed by atoms with Crippen LogP contribution >= 0.6 is 11.8 Å². The van der Waals surface area contributed by atoms with Crippen molar-refractivity contribution >= 4 is 17.7 Å². The van der Waals surface area contributed by atoms with Crippen molar-refractivity contribution in [1.29, 1.82) is 0 Å². The third-order valence-electron chi connectivity index (χ3n) is 3.39. The number of carboxylic acid groups (broad SMARTS) is 1. The predicted octanol–water partition coefficient (Wildman–Crippen LogP) is 2.17. The largest absolute Gasteiger partial charge is 0.481 e. The smallest absolute Gasteiger partial charge is 0.304 e. The van der Waals surface area contributed by atoms with Gasteiger partial charge in [-0.25, -0.2) is 4.39 Å². The zero-order valence-electron chi connectivity index (χ0n) is 10.8. The van der Waals surface area contributed by atoms with Gasteiger partial charge in [0.2, 0.25) is 0 Å². The molecule has 1 aromatic rings. The predicted molar refractivity (Wildman–Crippen MR) is 72.7 cm³/mol. The maximum atomic E-state index is 13.2. The van der Waals surface area contributed by atoms with Crippen LogP contribution in [0.25, 0.3) is 0 Å². The van der Waals surface area contributed by atoms with E-state index in [-0.39, 0.29) is 24.3 Å². The molecule has 4 nitrogen and oxygen atoms in total. The second kappa shape index (κ2) is 6.34. The minimum atomic E-state index is -0.790. The maximum Gasteiger partial charge on any atom is 0.304 e. The third kappa shape index (κ3) is 3.67. The van der Waals surface area contributed by atoms with E-state index in [0.29, 0.717) is 0 Å². The highest BCUT2D eigenvalue weighted by atomic mass is 32.2. The summed E-state index contributed by atoms with van der Waals surface area (Å²) in [5.74, 6) is 0.635. The molecule has 2 unspecified atom stereocenters. The highest BCUT2D eigenvalue weighted by molar-refractivity contribution is 7.99. The standard InChI is InChI=1S/C13H17FN2O2S/c1-9(10-4-11(14)7-15-6-10)16-2-3-19-8-12(16)5-13(17)18/h4,6-7,9,12H,2-3,5,8H2,1H3,(H,17,18). The molecule has 0 aromatic carbocycles. The Kier molecular flexibility index (Phi) is 4.76. The van der Waals surface area contributed by atoms with Crippen LogP contribution in [-0.4, -0.2) is 45.1 Å². The summed E-state index contributed by atoms with van der Waals surface area (Å²) < 4.78 is 13.2. The van der Waals surface area contributed by atoms with Crippen LogP contribution in [0.3, 0.4) is 0 Å². The van der Waals surface area contributed by atoms with E-state index in [1.54, 1.807) is 18.0 Å². The van der Waals surface area contributed by atoms with Gasteiger partial charge in [-0.2, -0.15) is 11.8 Å². The number of carboxylic acids is 1. The zero-order chi connectivity index (χ0) is 13.8. The Hall–Kier alpha value is -1.14. The molecule has 0 aliphatic carbocycles. The second-order valence-electron chi connectivity index (χ2n) is 4.68. The fourth-order valence-corrected chi connectivity index (χ4v) is 3.49. The van der Waals surface area contributed by atoms with E-state index in [4.69, 9.17) is 5.11 Å². The SMILES string of the molecule is CC(c1cncc(F)c1)N1CCSCC1CC(=O)O. The van der Waals surface area contributed by atoms with E-state index >= 15 is 0 Å². The van der Waals surface area contributed by atoms with E-state index in [9.17, 15) is 9.18 Å². The number of nitrogens with zero attached hydrogens (tertiary/aromatic N) is 2. The Balaban J connectivity index is 2.14. The number of hydrogen-bond acceptors (Lipinski definition) is 4. The van der Waals surface area contributed by atoms with E-state index in [1.165, 1.54) is 12.3 Å². The summed E-state index contributed by atoms with van der Waals surface area (Å²) in [5.41, 5.74) is 0.794. The van der Waals surface area contributed by atoms with Crippen LogP contribution in [0.2, 0.25) is 0 Å². The number of aliphatic carboxylic acids is 1. The first-order chi connectivity index (χ1) is 9.08. The van der Waals surface area contributed by atoms with Gasteiger partial charge in [-0.1, -0.05) is 0 Å². The summed E-state index contributed by atoms with van der Waals surface area (Å²) in [7, 11) is 0. The van der Waals surface area contributed by atoms with Crippen molar-refractivity contribution in [2.75, 3.05) is 18.1 Å². The highest BCUT2D eigenvalue weighted by Crippen LogP contribution is 2.28. The molecule has 1 aromatic heterocycles. The number of hydrogen-bond donors (Lipinski definition) is 1. The van der Waals surface area contributed by atoms with Gasteiger partial charge in [0, 0.05) is 36.3 Å². The molecule has 19 heavy (non-hydrogen) atoms.